The van der Waals surface area contributed by atoms with Crippen LogP contribution in [0.1, 0.15) is 27.0 Å². The first-order chi connectivity index (χ1) is 9.29. The van der Waals surface area contributed by atoms with Gasteiger partial charge in [-0.05, 0) is 32.0 Å². The zero-order valence-electron chi connectivity index (χ0n) is 11.1. The van der Waals surface area contributed by atoms with E-state index in [-0.39, 0.29) is 10.5 Å². The van der Waals surface area contributed by atoms with E-state index in [1.54, 1.807) is 25.1 Å². The van der Waals surface area contributed by atoms with E-state index in [9.17, 15) is 17.8 Å². The third kappa shape index (κ3) is 2.95. The Bertz CT molecular complexity index is 776. The predicted octanol–water partition coefficient (Wildman–Crippen LogP) is 2.78. The minimum Gasteiger partial charge on any atom is -0.289 e. The molecule has 20 heavy (non-hydrogen) atoms. The molecule has 0 spiro atoms. The van der Waals surface area contributed by atoms with Gasteiger partial charge in [-0.2, -0.15) is 8.42 Å². The SMILES string of the molecule is Cc1cccc(C(=O)c2cc(C)ccc2S(=O)(=O)O)c1. The monoisotopic (exact) mass is 290 g/mol. The van der Waals surface area contributed by atoms with Gasteiger partial charge >= 0.3 is 0 Å². The summed E-state index contributed by atoms with van der Waals surface area (Å²) in [6.45, 7) is 3.59. The van der Waals surface area contributed by atoms with Crippen molar-refractivity contribution in [2.24, 2.45) is 0 Å². The molecule has 5 heteroatoms. The molecule has 0 radical (unpaired) electrons. The second-order valence-electron chi connectivity index (χ2n) is 4.67. The zero-order valence-corrected chi connectivity index (χ0v) is 11.9. The van der Waals surface area contributed by atoms with Crippen molar-refractivity contribution in [2.45, 2.75) is 18.7 Å². The van der Waals surface area contributed by atoms with E-state index in [0.717, 1.165) is 11.1 Å². The maximum absolute atomic E-state index is 12.4. The quantitative estimate of drug-likeness (QED) is 0.697. The number of rotatable bonds is 3. The number of ketones is 1. The molecule has 0 fully saturated rings. The van der Waals surface area contributed by atoms with Crippen LogP contribution in [-0.4, -0.2) is 18.8 Å². The van der Waals surface area contributed by atoms with Gasteiger partial charge in [0.25, 0.3) is 10.1 Å². The zero-order chi connectivity index (χ0) is 14.9. The highest BCUT2D eigenvalue weighted by Crippen LogP contribution is 2.21. The van der Waals surface area contributed by atoms with E-state index < -0.39 is 15.9 Å². The first-order valence-corrected chi connectivity index (χ1v) is 7.42. The summed E-state index contributed by atoms with van der Waals surface area (Å²) in [7, 11) is -4.43. The Morgan fingerprint density at radius 3 is 2.25 bits per heavy atom. The lowest BCUT2D eigenvalue weighted by Crippen LogP contribution is -2.10. The molecule has 0 aromatic heterocycles. The first kappa shape index (κ1) is 14.4. The summed E-state index contributed by atoms with van der Waals surface area (Å²) in [6.07, 6.45) is 0. The van der Waals surface area contributed by atoms with Crippen LogP contribution in [0.25, 0.3) is 0 Å². The molecular weight excluding hydrogens is 276 g/mol. The summed E-state index contributed by atoms with van der Waals surface area (Å²) in [5.74, 6) is -0.426. The second kappa shape index (κ2) is 5.19. The number of benzene rings is 2. The van der Waals surface area contributed by atoms with Gasteiger partial charge in [-0.3, -0.25) is 9.35 Å². The molecule has 2 rings (SSSR count). The number of carbonyl (C=O) groups excluding carboxylic acids is 1. The van der Waals surface area contributed by atoms with Crippen molar-refractivity contribution in [3.63, 3.8) is 0 Å². The van der Waals surface area contributed by atoms with Crippen LogP contribution in [0.4, 0.5) is 0 Å². The van der Waals surface area contributed by atoms with E-state index in [0.29, 0.717) is 5.56 Å². The Balaban J connectivity index is 2.63. The van der Waals surface area contributed by atoms with Gasteiger partial charge in [0.05, 0.1) is 0 Å². The topological polar surface area (TPSA) is 71.4 Å². The molecule has 4 nitrogen and oxygen atoms in total. The summed E-state index contributed by atoms with van der Waals surface area (Å²) in [4.78, 5) is 12.1. The van der Waals surface area contributed by atoms with Crippen LogP contribution < -0.4 is 0 Å². The highest BCUT2D eigenvalue weighted by Gasteiger charge is 2.21. The summed E-state index contributed by atoms with van der Waals surface area (Å²) in [5, 5.41) is 0. The molecule has 0 aliphatic rings. The molecule has 0 unspecified atom stereocenters. The molecule has 0 bridgehead atoms. The van der Waals surface area contributed by atoms with Crippen LogP contribution >= 0.6 is 0 Å². The van der Waals surface area contributed by atoms with Crippen LogP contribution in [0.5, 0.6) is 0 Å². The van der Waals surface area contributed by atoms with Gasteiger partial charge in [-0.25, -0.2) is 0 Å². The van der Waals surface area contributed by atoms with Crippen molar-refractivity contribution in [1.29, 1.82) is 0 Å². The van der Waals surface area contributed by atoms with Gasteiger partial charge in [0.1, 0.15) is 4.90 Å². The normalized spacial score (nSPS) is 11.3. The van der Waals surface area contributed by atoms with Crippen LogP contribution in [0, 0.1) is 13.8 Å². The van der Waals surface area contributed by atoms with Gasteiger partial charge in [0, 0.05) is 11.1 Å². The van der Waals surface area contributed by atoms with E-state index in [2.05, 4.69) is 0 Å². The molecule has 104 valence electrons. The lowest BCUT2D eigenvalue weighted by molar-refractivity contribution is 0.103. The molecule has 2 aromatic rings. The Morgan fingerprint density at radius 2 is 1.65 bits per heavy atom. The van der Waals surface area contributed by atoms with Crippen molar-refractivity contribution in [2.75, 3.05) is 0 Å². The van der Waals surface area contributed by atoms with E-state index in [1.807, 2.05) is 13.0 Å². The summed E-state index contributed by atoms with van der Waals surface area (Å²) < 4.78 is 32.0. The molecule has 0 saturated carbocycles. The number of carbonyl (C=O) groups is 1. The fourth-order valence-corrected chi connectivity index (χ4v) is 2.66. The molecular formula is C15H14O4S. The fraction of sp³-hybridized carbons (Fsp3) is 0.133. The maximum Gasteiger partial charge on any atom is 0.295 e. The van der Waals surface area contributed by atoms with Gasteiger partial charge in [-0.15, -0.1) is 0 Å². The van der Waals surface area contributed by atoms with Crippen molar-refractivity contribution in [1.82, 2.24) is 0 Å². The largest absolute Gasteiger partial charge is 0.295 e. The Kier molecular flexibility index (Phi) is 3.74. The minimum absolute atomic E-state index is 0.0156. The fourth-order valence-electron chi connectivity index (χ4n) is 1.99. The molecule has 1 N–H and O–H groups in total. The van der Waals surface area contributed by atoms with Gasteiger partial charge < -0.3 is 0 Å². The highest BCUT2D eigenvalue weighted by molar-refractivity contribution is 7.86. The average molecular weight is 290 g/mol. The van der Waals surface area contributed by atoms with Gasteiger partial charge in [0.15, 0.2) is 5.78 Å². The first-order valence-electron chi connectivity index (χ1n) is 5.98. The van der Waals surface area contributed by atoms with Crippen molar-refractivity contribution < 1.29 is 17.8 Å². The smallest absolute Gasteiger partial charge is 0.289 e. The number of hydrogen-bond acceptors (Lipinski definition) is 3. The van der Waals surface area contributed by atoms with Gasteiger partial charge in [-0.1, -0.05) is 35.4 Å². The molecule has 0 aliphatic carbocycles. The highest BCUT2D eigenvalue weighted by atomic mass is 32.2. The van der Waals surface area contributed by atoms with Crippen LogP contribution in [0.15, 0.2) is 47.4 Å². The number of hydrogen-bond donors (Lipinski definition) is 1. The summed E-state index contributed by atoms with van der Waals surface area (Å²) in [6, 6.07) is 11.1. The summed E-state index contributed by atoms with van der Waals surface area (Å²) >= 11 is 0. The van der Waals surface area contributed by atoms with Crippen molar-refractivity contribution >= 4 is 15.9 Å². The van der Waals surface area contributed by atoms with Crippen LogP contribution in [0.3, 0.4) is 0 Å². The standard InChI is InChI=1S/C15H14O4S/c1-10-4-3-5-12(8-10)15(16)13-9-11(2)6-7-14(13)20(17,18)19/h3-9H,1-2H3,(H,17,18,19). The second-order valence-corrected chi connectivity index (χ2v) is 6.06. The summed E-state index contributed by atoms with van der Waals surface area (Å²) in [5.41, 5.74) is 2.02. The molecule has 0 heterocycles. The van der Waals surface area contributed by atoms with E-state index in [1.165, 1.54) is 18.2 Å². The molecule has 0 aliphatic heterocycles. The Morgan fingerprint density at radius 1 is 1.00 bits per heavy atom. The van der Waals surface area contributed by atoms with Gasteiger partial charge in [0.2, 0.25) is 0 Å². The van der Waals surface area contributed by atoms with Crippen molar-refractivity contribution in [3.05, 3.63) is 64.7 Å². The van der Waals surface area contributed by atoms with Crippen molar-refractivity contribution in [3.8, 4) is 0 Å². The lowest BCUT2D eigenvalue weighted by atomic mass is 10.0. The maximum atomic E-state index is 12.4. The third-order valence-electron chi connectivity index (χ3n) is 2.94. The molecule has 0 atom stereocenters. The minimum atomic E-state index is -4.43. The van der Waals surface area contributed by atoms with E-state index in [4.69, 9.17) is 0 Å². The lowest BCUT2D eigenvalue weighted by Gasteiger charge is -2.08. The molecule has 0 amide bonds. The van der Waals surface area contributed by atoms with E-state index >= 15 is 0 Å². The number of aryl methyl sites for hydroxylation is 2. The van der Waals surface area contributed by atoms with Crippen LogP contribution in [0.2, 0.25) is 0 Å². The van der Waals surface area contributed by atoms with Crippen LogP contribution in [-0.2, 0) is 10.1 Å². The molecule has 0 saturated heterocycles. The average Bonchev–Trinajstić information content (AvgIpc) is 2.36. The Labute approximate surface area is 117 Å². The predicted molar refractivity (Wildman–Crippen MR) is 75.6 cm³/mol. The molecule has 2 aromatic carbocycles. The Hall–Kier alpha value is -1.98. The third-order valence-corrected chi connectivity index (χ3v) is 3.85.